The van der Waals surface area contributed by atoms with Crippen LogP contribution in [-0.4, -0.2) is 44.8 Å². The number of aromatic amines is 1. The summed E-state index contributed by atoms with van der Waals surface area (Å²) in [5, 5.41) is 23.7. The number of pyridine rings is 1. The minimum atomic E-state index is -1.01. The fourth-order valence-corrected chi connectivity index (χ4v) is 3.10. The predicted octanol–water partition coefficient (Wildman–Crippen LogP) is 2.67. The quantitative estimate of drug-likeness (QED) is 0.453. The van der Waals surface area contributed by atoms with E-state index in [-0.39, 0.29) is 6.04 Å². The van der Waals surface area contributed by atoms with Gasteiger partial charge in [-0.15, -0.1) is 0 Å². The lowest BCUT2D eigenvalue weighted by molar-refractivity contribution is -0.144. The summed E-state index contributed by atoms with van der Waals surface area (Å²) in [6.07, 6.45) is 4.47. The number of nitrogens with zero attached hydrogens (tertiary/aromatic N) is 1. The highest BCUT2D eigenvalue weighted by atomic mass is 16.5. The van der Waals surface area contributed by atoms with Crippen LogP contribution in [-0.2, 0) is 11.2 Å². The normalized spacial score (nSPS) is 14.5. The van der Waals surface area contributed by atoms with Gasteiger partial charge in [-0.25, -0.2) is 4.79 Å². The molecule has 0 bridgehead atoms. The van der Waals surface area contributed by atoms with Gasteiger partial charge in [-0.2, -0.15) is 0 Å². The molecular formula is C21H25N3O4. The molecule has 28 heavy (non-hydrogen) atoms. The molecule has 3 aromatic rings. The van der Waals surface area contributed by atoms with E-state index in [1.807, 2.05) is 24.4 Å². The third-order valence-corrected chi connectivity index (χ3v) is 4.67. The Bertz CT molecular complexity index is 926. The molecule has 7 nitrogen and oxygen atoms in total. The Morgan fingerprint density at radius 1 is 1.29 bits per heavy atom. The topological polar surface area (TPSA) is 107 Å². The standard InChI is InChI=1S/C21H25N3O4/c1-13(23-12-18(25)15-5-4-8-22-10-15)9-16-11-24-20-17(16)6-3-7-19(20)28-14(2)21(26)27/h3-8,10-11,13-14,18,23-25H,9,12H2,1-2H3,(H,26,27)/t13-,14-,18-/m1/s1. The van der Waals surface area contributed by atoms with E-state index in [0.29, 0.717) is 12.3 Å². The lowest BCUT2D eigenvalue weighted by Crippen LogP contribution is -2.32. The number of benzene rings is 1. The Balaban J connectivity index is 1.65. The van der Waals surface area contributed by atoms with E-state index in [4.69, 9.17) is 9.84 Å². The number of hydrogen-bond acceptors (Lipinski definition) is 5. The first-order valence-electron chi connectivity index (χ1n) is 9.25. The van der Waals surface area contributed by atoms with Gasteiger partial charge in [0.05, 0.1) is 11.6 Å². The molecule has 0 spiro atoms. The zero-order chi connectivity index (χ0) is 20.1. The van der Waals surface area contributed by atoms with Gasteiger partial charge in [0.1, 0.15) is 5.75 Å². The van der Waals surface area contributed by atoms with Gasteiger partial charge in [0.15, 0.2) is 6.10 Å². The van der Waals surface area contributed by atoms with Gasteiger partial charge in [-0.3, -0.25) is 4.98 Å². The Morgan fingerprint density at radius 3 is 2.82 bits per heavy atom. The number of nitrogens with one attached hydrogen (secondary N) is 2. The second-order valence-electron chi connectivity index (χ2n) is 6.91. The summed E-state index contributed by atoms with van der Waals surface area (Å²) < 4.78 is 5.55. The maximum atomic E-state index is 11.1. The van der Waals surface area contributed by atoms with Crippen LogP contribution in [0, 0.1) is 0 Å². The zero-order valence-electron chi connectivity index (χ0n) is 15.9. The van der Waals surface area contributed by atoms with Crippen molar-refractivity contribution in [3.8, 4) is 5.75 Å². The number of aliphatic hydroxyl groups excluding tert-OH is 1. The SMILES string of the molecule is C[C@H](Cc1c[nH]c2c(O[C@H](C)C(=O)O)cccc12)NC[C@@H](O)c1cccnc1. The molecule has 0 aliphatic carbocycles. The number of aromatic nitrogens is 2. The van der Waals surface area contributed by atoms with Crippen molar-refractivity contribution in [3.05, 3.63) is 60.0 Å². The van der Waals surface area contributed by atoms with Crippen molar-refractivity contribution in [1.82, 2.24) is 15.3 Å². The predicted molar refractivity (Wildman–Crippen MR) is 106 cm³/mol. The van der Waals surface area contributed by atoms with Crippen molar-refractivity contribution in [1.29, 1.82) is 0 Å². The number of carbonyl (C=O) groups is 1. The van der Waals surface area contributed by atoms with Crippen LogP contribution < -0.4 is 10.1 Å². The molecule has 0 aliphatic rings. The number of carboxylic acids is 1. The summed E-state index contributed by atoms with van der Waals surface area (Å²) in [6.45, 7) is 3.99. The van der Waals surface area contributed by atoms with Gasteiger partial charge in [-0.05, 0) is 38.0 Å². The van der Waals surface area contributed by atoms with Gasteiger partial charge in [0.25, 0.3) is 0 Å². The summed E-state index contributed by atoms with van der Waals surface area (Å²) >= 11 is 0. The molecule has 148 valence electrons. The third-order valence-electron chi connectivity index (χ3n) is 4.67. The molecule has 4 N–H and O–H groups in total. The minimum Gasteiger partial charge on any atom is -0.479 e. The molecule has 7 heteroatoms. The average molecular weight is 383 g/mol. The largest absolute Gasteiger partial charge is 0.479 e. The molecule has 0 amide bonds. The van der Waals surface area contributed by atoms with Crippen molar-refractivity contribution in [2.45, 2.75) is 38.5 Å². The van der Waals surface area contributed by atoms with Crippen LogP contribution in [0.1, 0.15) is 31.1 Å². The average Bonchev–Trinajstić information content (AvgIpc) is 3.10. The number of fused-ring (bicyclic) bond motifs is 1. The summed E-state index contributed by atoms with van der Waals surface area (Å²) in [7, 11) is 0. The van der Waals surface area contributed by atoms with Crippen molar-refractivity contribution < 1.29 is 19.7 Å². The number of para-hydroxylation sites is 1. The molecule has 3 atom stereocenters. The van der Waals surface area contributed by atoms with E-state index >= 15 is 0 Å². The second-order valence-corrected chi connectivity index (χ2v) is 6.91. The van der Waals surface area contributed by atoms with Crippen LogP contribution in [0.15, 0.2) is 48.9 Å². The van der Waals surface area contributed by atoms with E-state index in [0.717, 1.165) is 28.5 Å². The molecule has 1 aromatic carbocycles. The highest BCUT2D eigenvalue weighted by Crippen LogP contribution is 2.28. The zero-order valence-corrected chi connectivity index (χ0v) is 15.9. The van der Waals surface area contributed by atoms with Crippen LogP contribution >= 0.6 is 0 Å². The number of hydrogen-bond donors (Lipinski definition) is 4. The lowest BCUT2D eigenvalue weighted by atomic mass is 10.1. The summed E-state index contributed by atoms with van der Waals surface area (Å²) in [6, 6.07) is 9.38. The first kappa shape index (κ1) is 19.9. The minimum absolute atomic E-state index is 0.132. The van der Waals surface area contributed by atoms with Gasteiger partial charge >= 0.3 is 5.97 Å². The molecular weight excluding hydrogens is 358 g/mol. The lowest BCUT2D eigenvalue weighted by Gasteiger charge is -2.17. The Hall–Kier alpha value is -2.90. The second kappa shape index (κ2) is 8.86. The number of carboxylic acid groups (broad SMARTS) is 1. The fraction of sp³-hybridized carbons (Fsp3) is 0.333. The number of ether oxygens (including phenoxy) is 1. The highest BCUT2D eigenvalue weighted by Gasteiger charge is 2.17. The number of aliphatic hydroxyl groups is 1. The molecule has 2 aromatic heterocycles. The Kier molecular flexibility index (Phi) is 6.28. The summed E-state index contributed by atoms with van der Waals surface area (Å²) in [5.74, 6) is -0.486. The molecule has 3 rings (SSSR count). The molecule has 2 heterocycles. The monoisotopic (exact) mass is 383 g/mol. The maximum Gasteiger partial charge on any atom is 0.344 e. The number of H-pyrrole nitrogens is 1. The van der Waals surface area contributed by atoms with Crippen LogP contribution in [0.4, 0.5) is 0 Å². The van der Waals surface area contributed by atoms with E-state index in [1.165, 1.54) is 6.92 Å². The third kappa shape index (κ3) is 4.68. The first-order valence-corrected chi connectivity index (χ1v) is 9.25. The molecule has 0 radical (unpaired) electrons. The van der Waals surface area contributed by atoms with Crippen LogP contribution in [0.3, 0.4) is 0 Å². The van der Waals surface area contributed by atoms with E-state index in [1.54, 1.807) is 24.5 Å². The highest BCUT2D eigenvalue weighted by molar-refractivity contribution is 5.88. The van der Waals surface area contributed by atoms with E-state index in [9.17, 15) is 9.90 Å². The molecule has 0 aliphatic heterocycles. The van der Waals surface area contributed by atoms with Gasteiger partial charge < -0.3 is 25.3 Å². The Labute approximate surface area is 163 Å². The summed E-state index contributed by atoms with van der Waals surface area (Å²) in [5.41, 5.74) is 2.66. The molecule has 0 saturated carbocycles. The number of aliphatic carboxylic acids is 1. The van der Waals surface area contributed by atoms with Gasteiger partial charge in [0.2, 0.25) is 0 Å². The van der Waals surface area contributed by atoms with Crippen molar-refractivity contribution >= 4 is 16.9 Å². The maximum absolute atomic E-state index is 11.1. The van der Waals surface area contributed by atoms with Crippen molar-refractivity contribution in [3.63, 3.8) is 0 Å². The fourth-order valence-electron chi connectivity index (χ4n) is 3.10. The summed E-state index contributed by atoms with van der Waals surface area (Å²) in [4.78, 5) is 18.3. The molecule has 0 unspecified atom stereocenters. The van der Waals surface area contributed by atoms with Crippen LogP contribution in [0.2, 0.25) is 0 Å². The van der Waals surface area contributed by atoms with Crippen LogP contribution in [0.25, 0.3) is 10.9 Å². The van der Waals surface area contributed by atoms with Crippen molar-refractivity contribution in [2.75, 3.05) is 6.54 Å². The van der Waals surface area contributed by atoms with Gasteiger partial charge in [-0.1, -0.05) is 18.2 Å². The smallest absolute Gasteiger partial charge is 0.344 e. The Morgan fingerprint density at radius 2 is 2.11 bits per heavy atom. The molecule has 0 saturated heterocycles. The molecule has 0 fully saturated rings. The van der Waals surface area contributed by atoms with E-state index in [2.05, 4.69) is 22.2 Å². The van der Waals surface area contributed by atoms with E-state index < -0.39 is 18.2 Å². The first-order chi connectivity index (χ1) is 13.5. The van der Waals surface area contributed by atoms with Crippen LogP contribution in [0.5, 0.6) is 5.75 Å². The number of rotatable bonds is 9. The van der Waals surface area contributed by atoms with Crippen molar-refractivity contribution in [2.24, 2.45) is 0 Å². The van der Waals surface area contributed by atoms with Gasteiger partial charge in [0, 0.05) is 42.1 Å².